The lowest BCUT2D eigenvalue weighted by Crippen LogP contribution is -1.86. The van der Waals surface area contributed by atoms with Crippen molar-refractivity contribution in [3.05, 3.63) is 60.2 Å². The van der Waals surface area contributed by atoms with E-state index in [1.54, 1.807) is 0 Å². The van der Waals surface area contributed by atoms with Gasteiger partial charge in [0.2, 0.25) is 0 Å². The molecule has 3 aromatic heterocycles. The van der Waals surface area contributed by atoms with Crippen molar-refractivity contribution in [1.29, 1.82) is 0 Å². The summed E-state index contributed by atoms with van der Waals surface area (Å²) < 4.78 is 7.25. The summed E-state index contributed by atoms with van der Waals surface area (Å²) in [6.07, 6.45) is 9.42. The predicted octanol–water partition coefficient (Wildman–Crippen LogP) is 9.90. The van der Waals surface area contributed by atoms with Crippen molar-refractivity contribution in [2.45, 2.75) is 51.9 Å². The fraction of sp³-hybridized carbons (Fsp3) is 0.308. The van der Waals surface area contributed by atoms with Gasteiger partial charge in [0.1, 0.15) is 0 Å². The molecule has 5 aromatic rings. The first-order valence-corrected chi connectivity index (χ1v) is 13.2. The van der Waals surface area contributed by atoms with Crippen LogP contribution in [0.1, 0.15) is 51.0 Å². The van der Waals surface area contributed by atoms with E-state index in [4.69, 9.17) is 0 Å². The van der Waals surface area contributed by atoms with Crippen molar-refractivity contribution in [2.75, 3.05) is 0 Å². The molecule has 0 unspecified atom stereocenters. The van der Waals surface area contributed by atoms with Gasteiger partial charge in [-0.25, -0.2) is 0 Å². The second-order valence-electron chi connectivity index (χ2n) is 7.88. The number of thiophene rings is 3. The van der Waals surface area contributed by atoms with Crippen LogP contribution in [0.4, 0.5) is 0 Å². The van der Waals surface area contributed by atoms with Gasteiger partial charge < -0.3 is 0 Å². The van der Waals surface area contributed by atoms with Crippen LogP contribution in [0.15, 0.2) is 54.6 Å². The molecule has 0 nitrogen and oxygen atoms in total. The van der Waals surface area contributed by atoms with Crippen LogP contribution in [-0.2, 0) is 6.42 Å². The number of hydrogen-bond acceptors (Lipinski definition) is 3. The van der Waals surface area contributed by atoms with Crippen LogP contribution in [0.25, 0.3) is 39.3 Å². The first-order valence-electron chi connectivity index (χ1n) is 10.8. The molecule has 0 amide bonds. The van der Waals surface area contributed by atoms with Gasteiger partial charge in [0.05, 0.1) is 14.1 Å². The molecular formula is C26H26S3. The second-order valence-corrected chi connectivity index (χ2v) is 11.0. The Morgan fingerprint density at radius 3 is 2.28 bits per heavy atom. The Balaban J connectivity index is 1.32. The molecule has 0 bridgehead atoms. The lowest BCUT2D eigenvalue weighted by Gasteiger charge is -2.03. The molecule has 0 atom stereocenters. The third kappa shape index (κ3) is 3.88. The lowest BCUT2D eigenvalue weighted by molar-refractivity contribution is 0.607. The van der Waals surface area contributed by atoms with Gasteiger partial charge in [-0.05, 0) is 36.1 Å². The van der Waals surface area contributed by atoms with Gasteiger partial charge in [-0.1, -0.05) is 81.5 Å². The molecule has 0 N–H and O–H groups in total. The Morgan fingerprint density at radius 1 is 0.655 bits per heavy atom. The third-order valence-corrected chi connectivity index (χ3v) is 9.67. The quantitative estimate of drug-likeness (QED) is 0.213. The average molecular weight is 435 g/mol. The summed E-state index contributed by atoms with van der Waals surface area (Å²) >= 11 is 5.86. The largest absolute Gasteiger partial charge is 0.133 e. The Kier molecular flexibility index (Phi) is 5.72. The third-order valence-electron chi connectivity index (χ3n) is 5.72. The molecule has 3 heterocycles. The molecule has 0 fully saturated rings. The van der Waals surface area contributed by atoms with E-state index in [-0.39, 0.29) is 0 Å². The lowest BCUT2D eigenvalue weighted by atomic mass is 10.0. The zero-order valence-electron chi connectivity index (χ0n) is 16.9. The van der Waals surface area contributed by atoms with Gasteiger partial charge in [-0.2, -0.15) is 0 Å². The first kappa shape index (κ1) is 19.3. The average Bonchev–Trinajstić information content (AvgIpc) is 3.41. The number of hydrogen-bond donors (Lipinski definition) is 0. The highest BCUT2D eigenvalue weighted by atomic mass is 32.1. The Bertz CT molecular complexity index is 1230. The van der Waals surface area contributed by atoms with E-state index in [2.05, 4.69) is 61.5 Å². The topological polar surface area (TPSA) is 0 Å². The molecule has 29 heavy (non-hydrogen) atoms. The summed E-state index contributed by atoms with van der Waals surface area (Å²) in [5.41, 5.74) is 2.84. The maximum atomic E-state index is 2.40. The number of rotatable bonds is 8. The van der Waals surface area contributed by atoms with Crippen LogP contribution in [0, 0.1) is 0 Å². The minimum Gasteiger partial charge on any atom is -0.133 e. The van der Waals surface area contributed by atoms with Gasteiger partial charge in [0.15, 0.2) is 0 Å². The first-order chi connectivity index (χ1) is 14.3. The van der Waals surface area contributed by atoms with Crippen molar-refractivity contribution in [1.82, 2.24) is 0 Å². The molecule has 0 saturated carbocycles. The standard InChI is InChI=1S/C26H26S3/c1-2-3-4-5-6-7-10-18-13-15-19(16-14-18)22-17-23-25(28-22)26-24(29-23)20-11-8-9-12-21(20)27-26/h8-9,11-17H,2-7,10H2,1H3. The monoisotopic (exact) mass is 434 g/mol. The molecule has 0 aliphatic heterocycles. The fourth-order valence-corrected chi connectivity index (χ4v) is 8.23. The maximum Gasteiger partial charge on any atom is 0.0642 e. The molecular weight excluding hydrogens is 408 g/mol. The van der Waals surface area contributed by atoms with Crippen molar-refractivity contribution in [2.24, 2.45) is 0 Å². The van der Waals surface area contributed by atoms with Gasteiger partial charge in [-0.15, -0.1) is 34.0 Å². The summed E-state index contributed by atoms with van der Waals surface area (Å²) in [6, 6.07) is 20.5. The zero-order valence-corrected chi connectivity index (χ0v) is 19.3. The van der Waals surface area contributed by atoms with Gasteiger partial charge in [0, 0.05) is 19.7 Å². The van der Waals surface area contributed by atoms with E-state index >= 15 is 0 Å². The van der Waals surface area contributed by atoms with Gasteiger partial charge in [0.25, 0.3) is 0 Å². The predicted molar refractivity (Wildman–Crippen MR) is 135 cm³/mol. The van der Waals surface area contributed by atoms with E-state index in [9.17, 15) is 0 Å². The van der Waals surface area contributed by atoms with Gasteiger partial charge >= 0.3 is 0 Å². The number of unbranched alkanes of at least 4 members (excludes halogenated alkanes) is 5. The minimum absolute atomic E-state index is 1.22. The SMILES string of the molecule is CCCCCCCCc1ccc(-c2cc3sc4c5ccccc5sc4c3s2)cc1. The second kappa shape index (κ2) is 8.59. The molecule has 0 spiro atoms. The van der Waals surface area contributed by atoms with Crippen molar-refractivity contribution < 1.29 is 0 Å². The maximum absolute atomic E-state index is 2.40. The highest BCUT2D eigenvalue weighted by molar-refractivity contribution is 7.41. The highest BCUT2D eigenvalue weighted by Crippen LogP contribution is 2.48. The van der Waals surface area contributed by atoms with E-state index in [0.29, 0.717) is 0 Å². The summed E-state index contributed by atoms with van der Waals surface area (Å²) in [5, 5.41) is 1.42. The minimum atomic E-state index is 1.22. The van der Waals surface area contributed by atoms with Crippen LogP contribution in [0.3, 0.4) is 0 Å². The molecule has 0 aliphatic carbocycles. The number of benzene rings is 2. The van der Waals surface area contributed by atoms with Crippen molar-refractivity contribution in [3.63, 3.8) is 0 Å². The highest BCUT2D eigenvalue weighted by Gasteiger charge is 2.15. The van der Waals surface area contributed by atoms with E-state index in [1.807, 2.05) is 34.0 Å². The van der Waals surface area contributed by atoms with Gasteiger partial charge in [-0.3, -0.25) is 0 Å². The molecule has 0 saturated heterocycles. The van der Waals surface area contributed by atoms with Crippen molar-refractivity contribution in [3.8, 4) is 10.4 Å². The Morgan fingerprint density at radius 2 is 1.41 bits per heavy atom. The normalized spacial score (nSPS) is 11.9. The summed E-state index contributed by atoms with van der Waals surface area (Å²) in [5.74, 6) is 0. The molecule has 148 valence electrons. The van der Waals surface area contributed by atoms with E-state index in [1.165, 1.54) is 89.8 Å². The van der Waals surface area contributed by atoms with Crippen molar-refractivity contribution >= 4 is 62.9 Å². The number of fused-ring (bicyclic) bond motifs is 5. The smallest absolute Gasteiger partial charge is 0.0642 e. The Hall–Kier alpha value is -1.68. The Labute approximate surface area is 184 Å². The molecule has 5 rings (SSSR count). The number of aryl methyl sites for hydroxylation is 1. The molecule has 0 aliphatic rings. The van der Waals surface area contributed by atoms with Crippen LogP contribution in [-0.4, -0.2) is 0 Å². The zero-order chi connectivity index (χ0) is 19.6. The van der Waals surface area contributed by atoms with Crippen LogP contribution < -0.4 is 0 Å². The molecule has 2 aromatic carbocycles. The molecule has 0 radical (unpaired) electrons. The molecule has 3 heteroatoms. The van der Waals surface area contributed by atoms with Crippen LogP contribution in [0.2, 0.25) is 0 Å². The van der Waals surface area contributed by atoms with E-state index < -0.39 is 0 Å². The summed E-state index contributed by atoms with van der Waals surface area (Å²) in [4.78, 5) is 1.40. The van der Waals surface area contributed by atoms with E-state index in [0.717, 1.165) is 0 Å². The van der Waals surface area contributed by atoms with Crippen LogP contribution in [0.5, 0.6) is 0 Å². The fourth-order valence-electron chi connectivity index (χ4n) is 4.08. The summed E-state index contributed by atoms with van der Waals surface area (Å²) in [7, 11) is 0. The van der Waals surface area contributed by atoms with Crippen LogP contribution >= 0.6 is 34.0 Å². The summed E-state index contributed by atoms with van der Waals surface area (Å²) in [6.45, 7) is 2.28.